The smallest absolute Gasteiger partial charge is 0.311 e. The molecule has 196 valence electrons. The summed E-state index contributed by atoms with van der Waals surface area (Å²) in [5.74, 6) is -0.365. The molecule has 1 heterocycles. The number of rotatable bonds is 16. The molecule has 0 bridgehead atoms. The van der Waals surface area contributed by atoms with Gasteiger partial charge in [0, 0.05) is 18.2 Å². The number of benzene rings is 2. The van der Waals surface area contributed by atoms with Crippen LogP contribution in [0, 0.1) is 11.8 Å². The van der Waals surface area contributed by atoms with E-state index in [-0.39, 0.29) is 17.1 Å². The van der Waals surface area contributed by atoms with Gasteiger partial charge >= 0.3 is 5.97 Å². The molecule has 2 aromatic carbocycles. The van der Waals surface area contributed by atoms with Crippen LogP contribution in [0.4, 0.5) is 0 Å². The Balaban J connectivity index is 1.91. The van der Waals surface area contributed by atoms with Crippen LogP contribution in [0.25, 0.3) is 0 Å². The van der Waals surface area contributed by atoms with Crippen LogP contribution in [-0.4, -0.2) is 34.5 Å². The number of hydrogen-bond donors (Lipinski definition) is 2. The van der Waals surface area contributed by atoms with Gasteiger partial charge in [-0.3, -0.25) is 9.59 Å². The number of carboxylic acids is 1. The quantitative estimate of drug-likeness (QED) is 0.231. The van der Waals surface area contributed by atoms with Gasteiger partial charge in [-0.25, -0.2) is 0 Å². The number of carboxylic acid groups (broad SMARTS) is 1. The fraction of sp³-hybridized carbons (Fsp3) is 0.533. The van der Waals surface area contributed by atoms with Crippen LogP contribution in [0.3, 0.4) is 0 Å². The summed E-state index contributed by atoms with van der Waals surface area (Å²) in [5.41, 5.74) is 0.615. The highest BCUT2D eigenvalue weighted by Crippen LogP contribution is 2.39. The number of para-hydroxylation sites is 1. The predicted molar refractivity (Wildman–Crippen MR) is 148 cm³/mol. The van der Waals surface area contributed by atoms with E-state index in [1.807, 2.05) is 48.5 Å². The third-order valence-electron chi connectivity index (χ3n) is 6.94. The van der Waals surface area contributed by atoms with Gasteiger partial charge < -0.3 is 15.2 Å². The molecule has 1 aliphatic heterocycles. The molecule has 2 N–H and O–H groups in total. The number of unbranched alkanes of at least 4 members (excludes halogenated alkanes) is 4. The van der Waals surface area contributed by atoms with Gasteiger partial charge in [0.25, 0.3) is 0 Å². The lowest BCUT2D eigenvalue weighted by Crippen LogP contribution is -2.43. The number of carbonyl (C=O) groups excluding carboxylic acids is 1. The van der Waals surface area contributed by atoms with Crippen molar-refractivity contribution in [1.29, 1.82) is 0 Å². The Morgan fingerprint density at radius 1 is 0.972 bits per heavy atom. The summed E-state index contributed by atoms with van der Waals surface area (Å²) in [4.78, 5) is 26.9. The highest BCUT2D eigenvalue weighted by molar-refractivity contribution is 8.00. The maximum Gasteiger partial charge on any atom is 0.311 e. The SMILES string of the molecule is CCCCCCC(CCCC)C(=O)C(C1NCCS1)C(C(=O)O)c1cccc(Oc2ccccc2)c1. The molecule has 4 atom stereocenters. The maximum atomic E-state index is 14.1. The second kappa shape index (κ2) is 15.1. The molecule has 4 unspecified atom stereocenters. The third-order valence-corrected chi connectivity index (χ3v) is 8.19. The van der Waals surface area contributed by atoms with Crippen LogP contribution in [0.5, 0.6) is 11.5 Å². The van der Waals surface area contributed by atoms with Gasteiger partial charge in [-0.15, -0.1) is 11.8 Å². The van der Waals surface area contributed by atoms with Crippen molar-refractivity contribution in [3.8, 4) is 11.5 Å². The molecule has 0 spiro atoms. The lowest BCUT2D eigenvalue weighted by molar-refractivity contribution is -0.144. The van der Waals surface area contributed by atoms with Crippen LogP contribution < -0.4 is 10.1 Å². The molecule has 0 aliphatic carbocycles. The average Bonchev–Trinajstić information content (AvgIpc) is 3.41. The Kier molecular flexibility index (Phi) is 11.8. The van der Waals surface area contributed by atoms with Crippen LogP contribution in [0.2, 0.25) is 0 Å². The molecule has 0 amide bonds. The Bertz CT molecular complexity index is 945. The second-order valence-electron chi connectivity index (χ2n) is 9.67. The minimum absolute atomic E-state index is 0.0968. The Hall–Kier alpha value is -2.31. The maximum absolute atomic E-state index is 14.1. The van der Waals surface area contributed by atoms with Crippen LogP contribution in [0.1, 0.15) is 76.7 Å². The Morgan fingerprint density at radius 3 is 2.36 bits per heavy atom. The minimum atomic E-state index is -0.959. The van der Waals surface area contributed by atoms with E-state index in [2.05, 4.69) is 19.2 Å². The lowest BCUT2D eigenvalue weighted by atomic mass is 9.76. The molecule has 0 radical (unpaired) electrons. The zero-order valence-electron chi connectivity index (χ0n) is 21.7. The topological polar surface area (TPSA) is 75.6 Å². The number of Topliss-reactive ketones (excluding diaryl/α,β-unsaturated/α-hetero) is 1. The third kappa shape index (κ3) is 8.10. The van der Waals surface area contributed by atoms with Crippen molar-refractivity contribution in [1.82, 2.24) is 5.32 Å². The summed E-state index contributed by atoms with van der Waals surface area (Å²) in [6, 6.07) is 16.7. The van der Waals surface area contributed by atoms with Gasteiger partial charge in [0.05, 0.1) is 17.2 Å². The largest absolute Gasteiger partial charge is 0.481 e. The number of nitrogens with one attached hydrogen (secondary N) is 1. The Morgan fingerprint density at radius 2 is 1.69 bits per heavy atom. The van der Waals surface area contributed by atoms with Gasteiger partial charge in [0.1, 0.15) is 17.3 Å². The fourth-order valence-electron chi connectivity index (χ4n) is 5.03. The molecule has 0 aromatic heterocycles. The monoisotopic (exact) mass is 511 g/mol. The van der Waals surface area contributed by atoms with Gasteiger partial charge in [-0.1, -0.05) is 82.7 Å². The molecule has 1 aliphatic rings. The van der Waals surface area contributed by atoms with E-state index in [0.29, 0.717) is 17.1 Å². The summed E-state index contributed by atoms with van der Waals surface area (Å²) in [5, 5.41) is 13.7. The first kappa shape index (κ1) is 28.3. The van der Waals surface area contributed by atoms with Crippen LogP contribution in [0.15, 0.2) is 54.6 Å². The van der Waals surface area contributed by atoms with Crippen molar-refractivity contribution in [2.24, 2.45) is 11.8 Å². The van der Waals surface area contributed by atoms with Crippen LogP contribution >= 0.6 is 11.8 Å². The van der Waals surface area contributed by atoms with E-state index >= 15 is 0 Å². The number of thioether (sulfide) groups is 1. The number of aliphatic carboxylic acids is 1. The van der Waals surface area contributed by atoms with Gasteiger partial charge in [-0.2, -0.15) is 0 Å². The highest BCUT2D eigenvalue weighted by Gasteiger charge is 2.44. The molecular formula is C30H41NO4S. The first-order valence-corrected chi connectivity index (χ1v) is 14.5. The molecule has 1 saturated heterocycles. The number of ether oxygens (including phenoxy) is 1. The average molecular weight is 512 g/mol. The fourth-order valence-corrected chi connectivity index (χ4v) is 6.26. The summed E-state index contributed by atoms with van der Waals surface area (Å²) in [6.45, 7) is 5.12. The first-order valence-electron chi connectivity index (χ1n) is 13.5. The Labute approximate surface area is 220 Å². The van der Waals surface area contributed by atoms with E-state index < -0.39 is 17.8 Å². The van der Waals surface area contributed by atoms with Crippen molar-refractivity contribution in [3.05, 3.63) is 60.2 Å². The minimum Gasteiger partial charge on any atom is -0.481 e. The van der Waals surface area contributed by atoms with Crippen molar-refractivity contribution in [2.75, 3.05) is 12.3 Å². The summed E-state index contributed by atoms with van der Waals surface area (Å²) in [6.07, 6.45) is 8.15. The lowest BCUT2D eigenvalue weighted by Gasteiger charge is -2.31. The number of hydrogen-bond acceptors (Lipinski definition) is 5. The molecule has 3 rings (SSSR count). The summed E-state index contributed by atoms with van der Waals surface area (Å²) in [7, 11) is 0. The van der Waals surface area contributed by atoms with Crippen molar-refractivity contribution in [2.45, 2.75) is 76.5 Å². The molecule has 1 fully saturated rings. The van der Waals surface area contributed by atoms with E-state index in [1.165, 1.54) is 6.42 Å². The highest BCUT2D eigenvalue weighted by atomic mass is 32.2. The molecule has 36 heavy (non-hydrogen) atoms. The molecular weight excluding hydrogens is 470 g/mol. The van der Waals surface area contributed by atoms with E-state index in [1.54, 1.807) is 17.8 Å². The van der Waals surface area contributed by atoms with Crippen molar-refractivity contribution in [3.63, 3.8) is 0 Å². The van der Waals surface area contributed by atoms with E-state index in [0.717, 1.165) is 57.2 Å². The van der Waals surface area contributed by atoms with Crippen molar-refractivity contribution < 1.29 is 19.4 Å². The summed E-state index contributed by atoms with van der Waals surface area (Å²) >= 11 is 1.67. The zero-order chi connectivity index (χ0) is 25.8. The predicted octanol–water partition coefficient (Wildman–Crippen LogP) is 7.27. The zero-order valence-corrected chi connectivity index (χ0v) is 22.5. The molecule has 2 aromatic rings. The molecule has 6 heteroatoms. The van der Waals surface area contributed by atoms with E-state index in [9.17, 15) is 14.7 Å². The normalized spacial score (nSPS) is 17.9. The first-order chi connectivity index (χ1) is 17.5. The van der Waals surface area contributed by atoms with Gasteiger partial charge in [0.15, 0.2) is 0 Å². The number of ketones is 1. The van der Waals surface area contributed by atoms with Gasteiger partial charge in [0.2, 0.25) is 0 Å². The standard InChI is InChI=1S/C30H41NO4S/c1-3-5-7-9-14-22(13-6-4-2)28(32)27(29-31-19-20-36-29)26(30(33)34)23-15-12-18-25(21-23)35-24-16-10-8-11-17-24/h8,10-12,15-18,21-22,26-27,29,31H,3-7,9,13-14,19-20H2,1-2H3,(H,33,34). The second-order valence-corrected chi connectivity index (χ2v) is 10.9. The molecule has 0 saturated carbocycles. The summed E-state index contributed by atoms with van der Waals surface area (Å²) < 4.78 is 5.99. The van der Waals surface area contributed by atoms with Crippen LogP contribution in [-0.2, 0) is 9.59 Å². The van der Waals surface area contributed by atoms with E-state index in [4.69, 9.17) is 4.74 Å². The van der Waals surface area contributed by atoms with Gasteiger partial charge in [-0.05, 0) is 42.7 Å². The van der Waals surface area contributed by atoms with Crippen molar-refractivity contribution >= 4 is 23.5 Å². The molecule has 5 nitrogen and oxygen atoms in total. The number of carbonyl (C=O) groups is 2.